The van der Waals surface area contributed by atoms with E-state index in [0.29, 0.717) is 11.8 Å². The Morgan fingerprint density at radius 1 is 1.43 bits per heavy atom. The Morgan fingerprint density at radius 2 is 2.07 bits per heavy atom. The Hall–Kier alpha value is -0.530. The molecule has 14 heavy (non-hydrogen) atoms. The second-order valence-corrected chi connectivity index (χ2v) is 4.86. The van der Waals surface area contributed by atoms with Crippen LogP contribution in [-0.4, -0.2) is 24.9 Å². The van der Waals surface area contributed by atoms with Crippen molar-refractivity contribution in [2.24, 2.45) is 11.3 Å². The van der Waals surface area contributed by atoms with E-state index in [0.717, 1.165) is 12.8 Å². The largest absolute Gasteiger partial charge is 0.348 e. The number of nitrogens with zero attached hydrogens (tertiary/aromatic N) is 1. The lowest BCUT2D eigenvalue weighted by molar-refractivity contribution is -0.145. The van der Waals surface area contributed by atoms with Crippen LogP contribution in [0.1, 0.15) is 46.0 Å². The zero-order valence-electron chi connectivity index (χ0n) is 9.97. The third-order valence-corrected chi connectivity index (χ3v) is 3.92. The Labute approximate surface area is 87.7 Å². The predicted octanol–water partition coefficient (Wildman–Crippen LogP) is 2.68. The molecule has 0 aliphatic heterocycles. The van der Waals surface area contributed by atoms with E-state index in [1.807, 2.05) is 14.1 Å². The van der Waals surface area contributed by atoms with Crippen LogP contribution in [0.3, 0.4) is 0 Å². The molecule has 2 nitrogen and oxygen atoms in total. The molecule has 2 atom stereocenters. The van der Waals surface area contributed by atoms with Crippen LogP contribution in [0.2, 0.25) is 0 Å². The monoisotopic (exact) mass is 197 g/mol. The third-order valence-electron chi connectivity index (χ3n) is 3.92. The molecular formula is C12H23NO. The van der Waals surface area contributed by atoms with Crippen molar-refractivity contribution in [1.82, 2.24) is 4.90 Å². The molecule has 2 heteroatoms. The van der Waals surface area contributed by atoms with Gasteiger partial charge in [-0.1, -0.05) is 26.7 Å². The molecule has 1 saturated carbocycles. The van der Waals surface area contributed by atoms with Gasteiger partial charge in [0.25, 0.3) is 0 Å². The number of rotatable bonds is 2. The molecule has 2 unspecified atom stereocenters. The molecule has 1 amide bonds. The molecule has 82 valence electrons. The maximum Gasteiger partial charge on any atom is 0.228 e. The minimum absolute atomic E-state index is 0.0538. The molecule has 1 aliphatic rings. The zero-order valence-corrected chi connectivity index (χ0v) is 9.97. The van der Waals surface area contributed by atoms with E-state index in [1.165, 1.54) is 19.3 Å². The average Bonchev–Trinajstić information content (AvgIpc) is 2.18. The summed E-state index contributed by atoms with van der Waals surface area (Å²) in [6.07, 6.45) is 5.81. The van der Waals surface area contributed by atoms with Crippen molar-refractivity contribution in [1.29, 1.82) is 0 Å². The van der Waals surface area contributed by atoms with Gasteiger partial charge in [-0.25, -0.2) is 0 Å². The molecule has 0 heterocycles. The van der Waals surface area contributed by atoms with Crippen LogP contribution in [0.5, 0.6) is 0 Å². The van der Waals surface area contributed by atoms with E-state index in [-0.39, 0.29) is 5.41 Å². The smallest absolute Gasteiger partial charge is 0.228 e. The Bertz CT molecular complexity index is 212. The molecule has 0 N–H and O–H groups in total. The van der Waals surface area contributed by atoms with Gasteiger partial charge in [-0.05, 0) is 25.2 Å². The standard InChI is InChI=1S/C12H23NO/c1-5-12(11(14)13(3)4)9-7-6-8-10(12)2/h10H,5-9H2,1-4H3. The van der Waals surface area contributed by atoms with Crippen LogP contribution in [0.15, 0.2) is 0 Å². The van der Waals surface area contributed by atoms with Crippen LogP contribution < -0.4 is 0 Å². The molecule has 0 aromatic carbocycles. The zero-order chi connectivity index (χ0) is 10.8. The number of carbonyl (C=O) groups excluding carboxylic acids is 1. The third kappa shape index (κ3) is 1.79. The van der Waals surface area contributed by atoms with Gasteiger partial charge < -0.3 is 4.90 Å². The quantitative estimate of drug-likeness (QED) is 0.666. The maximum absolute atomic E-state index is 12.2. The highest BCUT2D eigenvalue weighted by Crippen LogP contribution is 2.44. The van der Waals surface area contributed by atoms with Crippen molar-refractivity contribution < 1.29 is 4.79 Å². The molecule has 0 radical (unpaired) electrons. The van der Waals surface area contributed by atoms with Crippen LogP contribution in [-0.2, 0) is 4.79 Å². The second kappa shape index (κ2) is 4.33. The molecule has 0 bridgehead atoms. The Balaban J connectivity index is 2.88. The van der Waals surface area contributed by atoms with Crippen molar-refractivity contribution >= 4 is 5.91 Å². The van der Waals surface area contributed by atoms with Gasteiger partial charge in [0, 0.05) is 14.1 Å². The van der Waals surface area contributed by atoms with Gasteiger partial charge in [-0.2, -0.15) is 0 Å². The van der Waals surface area contributed by atoms with E-state index in [2.05, 4.69) is 13.8 Å². The average molecular weight is 197 g/mol. The fourth-order valence-electron chi connectivity index (χ4n) is 2.85. The number of amides is 1. The topological polar surface area (TPSA) is 20.3 Å². The van der Waals surface area contributed by atoms with Gasteiger partial charge in [0.1, 0.15) is 0 Å². The summed E-state index contributed by atoms with van der Waals surface area (Å²) in [4.78, 5) is 14.0. The van der Waals surface area contributed by atoms with Crippen molar-refractivity contribution in [3.05, 3.63) is 0 Å². The summed E-state index contributed by atoms with van der Waals surface area (Å²) in [6.45, 7) is 4.40. The SMILES string of the molecule is CCC1(C(=O)N(C)C)CCCCC1C. The van der Waals surface area contributed by atoms with Gasteiger partial charge in [0.15, 0.2) is 0 Å². The van der Waals surface area contributed by atoms with Crippen molar-refractivity contribution in [2.75, 3.05) is 14.1 Å². The van der Waals surface area contributed by atoms with Crippen LogP contribution >= 0.6 is 0 Å². The van der Waals surface area contributed by atoms with Gasteiger partial charge in [-0.15, -0.1) is 0 Å². The van der Waals surface area contributed by atoms with Gasteiger partial charge in [-0.3, -0.25) is 4.79 Å². The lowest BCUT2D eigenvalue weighted by Gasteiger charge is -2.42. The van der Waals surface area contributed by atoms with Gasteiger partial charge >= 0.3 is 0 Å². The highest BCUT2D eigenvalue weighted by Gasteiger charge is 2.43. The summed E-state index contributed by atoms with van der Waals surface area (Å²) in [7, 11) is 3.75. The lowest BCUT2D eigenvalue weighted by atomic mass is 9.64. The molecule has 1 rings (SSSR count). The van der Waals surface area contributed by atoms with Crippen LogP contribution in [0.25, 0.3) is 0 Å². The normalized spacial score (nSPS) is 32.7. The minimum atomic E-state index is -0.0538. The molecule has 1 fully saturated rings. The molecule has 1 aliphatic carbocycles. The highest BCUT2D eigenvalue weighted by molar-refractivity contribution is 5.82. The van der Waals surface area contributed by atoms with Gasteiger partial charge in [0.05, 0.1) is 5.41 Å². The fourth-order valence-corrected chi connectivity index (χ4v) is 2.85. The van der Waals surface area contributed by atoms with Crippen LogP contribution in [0, 0.1) is 11.3 Å². The van der Waals surface area contributed by atoms with E-state index in [4.69, 9.17) is 0 Å². The number of carbonyl (C=O) groups is 1. The van der Waals surface area contributed by atoms with E-state index >= 15 is 0 Å². The first-order valence-electron chi connectivity index (χ1n) is 5.76. The van der Waals surface area contributed by atoms with Crippen molar-refractivity contribution in [2.45, 2.75) is 46.0 Å². The first kappa shape index (κ1) is 11.5. The summed E-state index contributed by atoms with van der Waals surface area (Å²) < 4.78 is 0. The van der Waals surface area contributed by atoms with Crippen molar-refractivity contribution in [3.8, 4) is 0 Å². The van der Waals surface area contributed by atoms with Crippen LogP contribution in [0.4, 0.5) is 0 Å². The molecule has 0 spiro atoms. The number of hydrogen-bond donors (Lipinski definition) is 0. The van der Waals surface area contributed by atoms with Crippen molar-refractivity contribution in [3.63, 3.8) is 0 Å². The first-order valence-corrected chi connectivity index (χ1v) is 5.76. The summed E-state index contributed by atoms with van der Waals surface area (Å²) >= 11 is 0. The van der Waals surface area contributed by atoms with Gasteiger partial charge in [0.2, 0.25) is 5.91 Å². The van der Waals surface area contributed by atoms with E-state index < -0.39 is 0 Å². The fraction of sp³-hybridized carbons (Fsp3) is 0.917. The molecular weight excluding hydrogens is 174 g/mol. The first-order chi connectivity index (χ1) is 6.54. The minimum Gasteiger partial charge on any atom is -0.348 e. The molecule has 0 aromatic rings. The summed E-state index contributed by atoms with van der Waals surface area (Å²) in [5.41, 5.74) is -0.0538. The Kier molecular flexibility index (Phi) is 3.57. The summed E-state index contributed by atoms with van der Waals surface area (Å²) in [5.74, 6) is 0.892. The summed E-state index contributed by atoms with van der Waals surface area (Å²) in [6, 6.07) is 0. The number of hydrogen-bond acceptors (Lipinski definition) is 1. The highest BCUT2D eigenvalue weighted by atomic mass is 16.2. The molecule has 0 saturated heterocycles. The van der Waals surface area contributed by atoms with E-state index in [1.54, 1.807) is 4.90 Å². The lowest BCUT2D eigenvalue weighted by Crippen LogP contribution is -2.45. The molecule has 0 aromatic heterocycles. The maximum atomic E-state index is 12.2. The predicted molar refractivity (Wildman–Crippen MR) is 59.1 cm³/mol. The summed E-state index contributed by atoms with van der Waals surface area (Å²) in [5, 5.41) is 0. The van der Waals surface area contributed by atoms with E-state index in [9.17, 15) is 4.79 Å². The second-order valence-electron chi connectivity index (χ2n) is 4.86. The Morgan fingerprint density at radius 3 is 2.50 bits per heavy atom.